The van der Waals surface area contributed by atoms with Gasteiger partial charge in [-0.25, -0.2) is 9.59 Å². The standard InChI is InChI=1S/C25H29NO6/c1-15-17-12-16-7-10-25(8-3-2-4-9-25)32-20(16)14-21(17)31-24(30)18(15)13-22(27)26-11-5-6-19(26)23(28)29/h12,14,19H,2-11,13H2,1H3,(H,28,29). The molecule has 3 heterocycles. The smallest absolute Gasteiger partial charge is 0.340 e. The van der Waals surface area contributed by atoms with Gasteiger partial charge in [0.1, 0.15) is 23.0 Å². The maximum Gasteiger partial charge on any atom is 0.340 e. The monoisotopic (exact) mass is 439 g/mol. The zero-order chi connectivity index (χ0) is 22.5. The van der Waals surface area contributed by atoms with E-state index in [9.17, 15) is 19.5 Å². The first-order valence-corrected chi connectivity index (χ1v) is 11.7. The molecule has 1 atom stereocenters. The Morgan fingerprint density at radius 3 is 2.69 bits per heavy atom. The summed E-state index contributed by atoms with van der Waals surface area (Å²) in [6.07, 6.45) is 8.65. The number of likely N-dealkylation sites (tertiary alicyclic amines) is 1. The van der Waals surface area contributed by atoms with Crippen molar-refractivity contribution in [2.75, 3.05) is 6.54 Å². The zero-order valence-electron chi connectivity index (χ0n) is 18.4. The Labute approximate surface area is 186 Å². The van der Waals surface area contributed by atoms with E-state index in [1.807, 2.05) is 19.1 Å². The summed E-state index contributed by atoms with van der Waals surface area (Å²) in [6.45, 7) is 2.24. The fraction of sp³-hybridized carbons (Fsp3) is 0.560. The quantitative estimate of drug-likeness (QED) is 0.732. The number of carbonyl (C=O) groups excluding carboxylic acids is 1. The van der Waals surface area contributed by atoms with Gasteiger partial charge in [-0.1, -0.05) is 6.42 Å². The molecule has 2 aliphatic heterocycles. The van der Waals surface area contributed by atoms with Gasteiger partial charge in [0.15, 0.2) is 0 Å². The van der Waals surface area contributed by atoms with Crippen LogP contribution in [0.1, 0.15) is 68.1 Å². The second-order valence-corrected chi connectivity index (χ2v) is 9.56. The third-order valence-electron chi connectivity index (χ3n) is 7.60. The number of carboxylic acid groups (broad SMARTS) is 1. The number of fused-ring (bicyclic) bond motifs is 2. The molecule has 2 fully saturated rings. The second-order valence-electron chi connectivity index (χ2n) is 9.56. The number of hydrogen-bond acceptors (Lipinski definition) is 5. The van der Waals surface area contributed by atoms with E-state index >= 15 is 0 Å². The van der Waals surface area contributed by atoms with E-state index in [-0.39, 0.29) is 17.9 Å². The van der Waals surface area contributed by atoms with Gasteiger partial charge in [-0.3, -0.25) is 4.79 Å². The number of amides is 1. The minimum atomic E-state index is -1.000. The van der Waals surface area contributed by atoms with Gasteiger partial charge in [-0.15, -0.1) is 0 Å². The highest BCUT2D eigenvalue weighted by molar-refractivity contribution is 5.88. The Balaban J connectivity index is 1.46. The number of hydrogen-bond donors (Lipinski definition) is 1. The molecule has 1 saturated carbocycles. The highest BCUT2D eigenvalue weighted by atomic mass is 16.5. The van der Waals surface area contributed by atoms with Gasteiger partial charge in [0.05, 0.1) is 12.0 Å². The van der Waals surface area contributed by atoms with Crippen LogP contribution in [0.5, 0.6) is 5.75 Å². The molecular weight excluding hydrogens is 410 g/mol. The van der Waals surface area contributed by atoms with E-state index < -0.39 is 17.6 Å². The molecule has 3 aliphatic rings. The summed E-state index contributed by atoms with van der Waals surface area (Å²) in [6, 6.07) is 3.05. The van der Waals surface area contributed by atoms with E-state index in [4.69, 9.17) is 9.15 Å². The second kappa shape index (κ2) is 7.94. The molecule has 2 aromatic rings. The number of aryl methyl sites for hydroxylation is 2. The molecule has 7 nitrogen and oxygen atoms in total. The normalized spacial score (nSPS) is 22.0. The van der Waals surface area contributed by atoms with E-state index in [0.29, 0.717) is 30.5 Å². The van der Waals surface area contributed by atoms with Crippen LogP contribution in [-0.4, -0.2) is 40.1 Å². The first-order chi connectivity index (χ1) is 15.4. The maximum atomic E-state index is 12.8. The van der Waals surface area contributed by atoms with Crippen LogP contribution in [0.15, 0.2) is 21.3 Å². The number of rotatable bonds is 3. The molecule has 5 rings (SSSR count). The molecule has 1 aromatic carbocycles. The van der Waals surface area contributed by atoms with Crippen molar-refractivity contribution in [3.63, 3.8) is 0 Å². The highest BCUT2D eigenvalue weighted by Gasteiger charge is 2.38. The van der Waals surface area contributed by atoms with E-state index in [0.717, 1.165) is 47.9 Å². The lowest BCUT2D eigenvalue weighted by molar-refractivity contribution is -0.148. The van der Waals surface area contributed by atoms with Crippen molar-refractivity contribution in [1.82, 2.24) is 4.90 Å². The van der Waals surface area contributed by atoms with Gasteiger partial charge in [0, 0.05) is 18.0 Å². The molecule has 1 spiro atoms. The van der Waals surface area contributed by atoms with Crippen LogP contribution in [0.3, 0.4) is 0 Å². The predicted octanol–water partition coefficient (Wildman–Crippen LogP) is 3.75. The Bertz CT molecular complexity index is 1140. The molecule has 0 bridgehead atoms. The minimum absolute atomic E-state index is 0.0863. The lowest BCUT2D eigenvalue weighted by Crippen LogP contribution is -2.41. The van der Waals surface area contributed by atoms with Crippen LogP contribution in [0.25, 0.3) is 11.0 Å². The van der Waals surface area contributed by atoms with Crippen molar-refractivity contribution in [2.45, 2.75) is 82.8 Å². The van der Waals surface area contributed by atoms with Gasteiger partial charge in [0.2, 0.25) is 5.91 Å². The SMILES string of the molecule is Cc1c(CC(=O)N2CCCC2C(=O)O)c(=O)oc2cc3c(cc12)CCC1(CCCCC1)O3. The van der Waals surface area contributed by atoms with Crippen molar-refractivity contribution in [2.24, 2.45) is 0 Å². The molecule has 1 amide bonds. The Kier molecular flexibility index (Phi) is 5.22. The van der Waals surface area contributed by atoms with Gasteiger partial charge in [0.25, 0.3) is 0 Å². The fourth-order valence-electron chi connectivity index (χ4n) is 5.73. The van der Waals surface area contributed by atoms with Crippen LogP contribution in [0, 0.1) is 6.92 Å². The molecule has 7 heteroatoms. The number of ether oxygens (including phenoxy) is 1. The molecule has 0 radical (unpaired) electrons. The predicted molar refractivity (Wildman–Crippen MR) is 118 cm³/mol. The molecule has 1 N–H and O–H groups in total. The summed E-state index contributed by atoms with van der Waals surface area (Å²) in [5.74, 6) is -0.538. The lowest BCUT2D eigenvalue weighted by atomic mass is 9.79. The van der Waals surface area contributed by atoms with Crippen LogP contribution in [0.2, 0.25) is 0 Å². The van der Waals surface area contributed by atoms with Gasteiger partial charge < -0.3 is 19.2 Å². The number of nitrogens with zero attached hydrogens (tertiary/aromatic N) is 1. The van der Waals surface area contributed by atoms with Crippen LogP contribution in [-0.2, 0) is 22.4 Å². The van der Waals surface area contributed by atoms with E-state index in [1.54, 1.807) is 0 Å². The van der Waals surface area contributed by atoms with Crippen LogP contribution in [0.4, 0.5) is 0 Å². The topological polar surface area (TPSA) is 97.1 Å². The maximum absolute atomic E-state index is 12.8. The van der Waals surface area contributed by atoms with Crippen molar-refractivity contribution < 1.29 is 23.8 Å². The van der Waals surface area contributed by atoms with Gasteiger partial charge in [-0.05, 0) is 75.5 Å². The summed E-state index contributed by atoms with van der Waals surface area (Å²) >= 11 is 0. The van der Waals surface area contributed by atoms with Crippen molar-refractivity contribution in [3.8, 4) is 5.75 Å². The number of benzene rings is 1. The average molecular weight is 440 g/mol. The molecule has 1 aromatic heterocycles. The summed E-state index contributed by atoms with van der Waals surface area (Å²) in [5, 5.41) is 10.2. The molecule has 32 heavy (non-hydrogen) atoms. The summed E-state index contributed by atoms with van der Waals surface area (Å²) in [7, 11) is 0. The molecule has 1 saturated heterocycles. The van der Waals surface area contributed by atoms with Crippen molar-refractivity contribution >= 4 is 22.8 Å². The number of carbonyl (C=O) groups is 2. The Morgan fingerprint density at radius 2 is 1.94 bits per heavy atom. The van der Waals surface area contributed by atoms with Crippen LogP contribution >= 0.6 is 0 Å². The third kappa shape index (κ3) is 3.57. The van der Waals surface area contributed by atoms with Crippen molar-refractivity contribution in [3.05, 3.63) is 39.2 Å². The first-order valence-electron chi connectivity index (χ1n) is 11.7. The van der Waals surface area contributed by atoms with E-state index in [2.05, 4.69) is 0 Å². The van der Waals surface area contributed by atoms with Crippen molar-refractivity contribution in [1.29, 1.82) is 0 Å². The van der Waals surface area contributed by atoms with E-state index in [1.165, 1.54) is 24.2 Å². The number of aliphatic carboxylic acids is 1. The summed E-state index contributed by atoms with van der Waals surface area (Å²) < 4.78 is 12.1. The molecule has 1 aliphatic carbocycles. The lowest BCUT2D eigenvalue weighted by Gasteiger charge is -2.41. The zero-order valence-corrected chi connectivity index (χ0v) is 18.4. The largest absolute Gasteiger partial charge is 0.487 e. The molecular formula is C25H29NO6. The Morgan fingerprint density at radius 1 is 1.16 bits per heavy atom. The summed E-state index contributed by atoms with van der Waals surface area (Å²) in [5.41, 5.74) is 1.97. The fourth-order valence-corrected chi connectivity index (χ4v) is 5.73. The summed E-state index contributed by atoms with van der Waals surface area (Å²) in [4.78, 5) is 38.4. The van der Waals surface area contributed by atoms with Crippen LogP contribution < -0.4 is 10.4 Å². The molecule has 1 unspecified atom stereocenters. The van der Waals surface area contributed by atoms with Gasteiger partial charge in [-0.2, -0.15) is 0 Å². The Hall–Kier alpha value is -2.83. The number of carboxylic acids is 1. The third-order valence-corrected chi connectivity index (χ3v) is 7.60. The average Bonchev–Trinajstić information content (AvgIpc) is 3.27. The first kappa shape index (κ1) is 21.0. The minimum Gasteiger partial charge on any atom is -0.487 e. The highest BCUT2D eigenvalue weighted by Crippen LogP contribution is 2.43. The van der Waals surface area contributed by atoms with Gasteiger partial charge >= 0.3 is 11.6 Å². The molecule has 170 valence electrons.